The van der Waals surface area contributed by atoms with Crippen LogP contribution in [0.2, 0.25) is 0 Å². The Morgan fingerprint density at radius 3 is 2.25 bits per heavy atom. The summed E-state index contributed by atoms with van der Waals surface area (Å²) in [6.07, 6.45) is 0. The number of nitrogens with one attached hydrogen (secondary N) is 1. The van der Waals surface area contributed by atoms with Gasteiger partial charge in [0.2, 0.25) is 10.0 Å². The van der Waals surface area contributed by atoms with Gasteiger partial charge in [0.1, 0.15) is 22.1 Å². The Kier molecular flexibility index (Phi) is 7.60. The lowest BCUT2D eigenvalue weighted by molar-refractivity contribution is 0.0729. The Bertz CT molecular complexity index is 1050. The molecule has 1 aliphatic rings. The third-order valence-corrected chi connectivity index (χ3v) is 7.02. The van der Waals surface area contributed by atoms with E-state index < -0.39 is 15.9 Å². The third kappa shape index (κ3) is 4.98. The van der Waals surface area contributed by atoms with Gasteiger partial charge in [-0.3, -0.25) is 4.79 Å². The lowest BCUT2D eigenvalue weighted by atomic mass is 10.1. The van der Waals surface area contributed by atoms with E-state index in [1.807, 2.05) is 6.92 Å². The number of morpholine rings is 1. The molecule has 3 rings (SSSR count). The standard InChI is InChI=1S/C22H28N2O7S/c1-5-31-18-7-6-17(14-21(18)32(26,27)24-8-10-30-11-9-24)23-22(25)16-12-19(28-3)15(2)20(13-16)29-4/h6-7,12-14H,5,8-11H2,1-4H3,(H,23,25). The fraction of sp³-hybridized carbons (Fsp3) is 0.409. The lowest BCUT2D eigenvalue weighted by Gasteiger charge is -2.27. The molecule has 1 N–H and O–H groups in total. The Morgan fingerprint density at radius 1 is 1.06 bits per heavy atom. The molecular weight excluding hydrogens is 436 g/mol. The number of rotatable bonds is 8. The zero-order valence-electron chi connectivity index (χ0n) is 18.6. The van der Waals surface area contributed by atoms with Crippen LogP contribution in [0.15, 0.2) is 35.2 Å². The van der Waals surface area contributed by atoms with E-state index in [1.165, 1.54) is 24.6 Å². The number of methoxy groups -OCH3 is 2. The average molecular weight is 465 g/mol. The van der Waals surface area contributed by atoms with Crippen molar-refractivity contribution in [3.05, 3.63) is 41.5 Å². The van der Waals surface area contributed by atoms with Gasteiger partial charge in [-0.25, -0.2) is 8.42 Å². The first kappa shape index (κ1) is 23.8. The van der Waals surface area contributed by atoms with Crippen molar-refractivity contribution in [2.24, 2.45) is 0 Å². The summed E-state index contributed by atoms with van der Waals surface area (Å²) in [5, 5.41) is 2.75. The van der Waals surface area contributed by atoms with Crippen molar-refractivity contribution in [2.75, 3.05) is 52.4 Å². The van der Waals surface area contributed by atoms with Crippen LogP contribution in [-0.2, 0) is 14.8 Å². The molecule has 174 valence electrons. The van der Waals surface area contributed by atoms with Crippen molar-refractivity contribution in [1.82, 2.24) is 4.31 Å². The molecule has 0 bridgehead atoms. The van der Waals surface area contributed by atoms with E-state index in [9.17, 15) is 13.2 Å². The second-order valence-corrected chi connectivity index (χ2v) is 8.98. The highest BCUT2D eigenvalue weighted by Gasteiger charge is 2.30. The lowest BCUT2D eigenvalue weighted by Crippen LogP contribution is -2.40. The second-order valence-electron chi connectivity index (χ2n) is 7.07. The number of sulfonamides is 1. The van der Waals surface area contributed by atoms with Crippen molar-refractivity contribution in [3.63, 3.8) is 0 Å². The molecule has 2 aromatic carbocycles. The summed E-state index contributed by atoms with van der Waals surface area (Å²) in [5.74, 6) is 0.824. The van der Waals surface area contributed by atoms with Gasteiger partial charge in [0.15, 0.2) is 0 Å². The number of benzene rings is 2. The SMILES string of the molecule is CCOc1ccc(NC(=O)c2cc(OC)c(C)c(OC)c2)cc1S(=O)(=O)N1CCOCC1. The summed E-state index contributed by atoms with van der Waals surface area (Å²) < 4.78 is 49.3. The molecule has 0 aromatic heterocycles. The highest BCUT2D eigenvalue weighted by Crippen LogP contribution is 2.32. The van der Waals surface area contributed by atoms with Crippen LogP contribution in [0.3, 0.4) is 0 Å². The Labute approximate surface area is 188 Å². The molecular formula is C22H28N2O7S. The van der Waals surface area contributed by atoms with E-state index in [2.05, 4.69) is 5.32 Å². The molecule has 0 unspecified atom stereocenters. The first-order chi connectivity index (χ1) is 15.3. The molecule has 0 spiro atoms. The summed E-state index contributed by atoms with van der Waals surface area (Å²) in [5.41, 5.74) is 1.41. The first-order valence-corrected chi connectivity index (χ1v) is 11.6. The van der Waals surface area contributed by atoms with Gasteiger partial charge < -0.3 is 24.3 Å². The fourth-order valence-electron chi connectivity index (χ4n) is 3.41. The van der Waals surface area contributed by atoms with E-state index in [0.29, 0.717) is 42.6 Å². The summed E-state index contributed by atoms with van der Waals surface area (Å²) in [4.78, 5) is 12.9. The smallest absolute Gasteiger partial charge is 0.255 e. The summed E-state index contributed by atoms with van der Waals surface area (Å²) in [7, 11) is -0.803. The molecule has 1 saturated heterocycles. The number of ether oxygens (including phenoxy) is 4. The highest BCUT2D eigenvalue weighted by atomic mass is 32.2. The van der Waals surface area contributed by atoms with Gasteiger partial charge >= 0.3 is 0 Å². The molecule has 0 atom stereocenters. The monoisotopic (exact) mass is 464 g/mol. The largest absolute Gasteiger partial charge is 0.496 e. The minimum Gasteiger partial charge on any atom is -0.496 e. The Morgan fingerprint density at radius 2 is 1.69 bits per heavy atom. The summed E-state index contributed by atoms with van der Waals surface area (Å²) in [6, 6.07) is 7.77. The van der Waals surface area contributed by atoms with Crippen molar-refractivity contribution in [2.45, 2.75) is 18.7 Å². The van der Waals surface area contributed by atoms with Crippen LogP contribution in [-0.4, -0.2) is 65.8 Å². The molecule has 10 heteroatoms. The second kappa shape index (κ2) is 10.2. The van der Waals surface area contributed by atoms with Gasteiger partial charge in [-0.1, -0.05) is 0 Å². The molecule has 0 radical (unpaired) electrons. The molecule has 0 saturated carbocycles. The molecule has 9 nitrogen and oxygen atoms in total. The van der Waals surface area contributed by atoms with Crippen molar-refractivity contribution in [1.29, 1.82) is 0 Å². The number of amides is 1. The minimum atomic E-state index is -3.83. The van der Waals surface area contributed by atoms with Crippen LogP contribution < -0.4 is 19.5 Å². The fourth-order valence-corrected chi connectivity index (χ4v) is 4.97. The molecule has 1 aliphatic heterocycles. The maximum atomic E-state index is 13.2. The summed E-state index contributed by atoms with van der Waals surface area (Å²) >= 11 is 0. The van der Waals surface area contributed by atoms with Crippen LogP contribution in [0.4, 0.5) is 5.69 Å². The van der Waals surface area contributed by atoms with E-state index in [-0.39, 0.29) is 23.7 Å². The number of hydrogen-bond acceptors (Lipinski definition) is 7. The average Bonchev–Trinajstić information content (AvgIpc) is 2.80. The molecule has 1 heterocycles. The molecule has 1 fully saturated rings. The number of nitrogens with zero attached hydrogens (tertiary/aromatic N) is 1. The Hall–Kier alpha value is -2.82. The molecule has 2 aromatic rings. The van der Waals surface area contributed by atoms with E-state index in [1.54, 1.807) is 31.2 Å². The van der Waals surface area contributed by atoms with E-state index in [0.717, 1.165) is 5.56 Å². The topological polar surface area (TPSA) is 103 Å². The maximum absolute atomic E-state index is 13.2. The van der Waals surface area contributed by atoms with Crippen molar-refractivity contribution >= 4 is 21.6 Å². The van der Waals surface area contributed by atoms with Gasteiger partial charge in [-0.2, -0.15) is 4.31 Å². The van der Waals surface area contributed by atoms with E-state index in [4.69, 9.17) is 18.9 Å². The zero-order chi connectivity index (χ0) is 23.3. The van der Waals surface area contributed by atoms with Gasteiger partial charge in [0.05, 0.1) is 34.0 Å². The third-order valence-electron chi connectivity index (χ3n) is 5.10. The predicted molar refractivity (Wildman–Crippen MR) is 119 cm³/mol. The highest BCUT2D eigenvalue weighted by molar-refractivity contribution is 7.89. The first-order valence-electron chi connectivity index (χ1n) is 10.2. The van der Waals surface area contributed by atoms with Crippen LogP contribution in [0.5, 0.6) is 17.2 Å². The van der Waals surface area contributed by atoms with E-state index >= 15 is 0 Å². The van der Waals surface area contributed by atoms with Crippen molar-refractivity contribution in [3.8, 4) is 17.2 Å². The minimum absolute atomic E-state index is 0.00174. The zero-order valence-corrected chi connectivity index (χ0v) is 19.5. The molecule has 1 amide bonds. The number of carbonyl (C=O) groups is 1. The quantitative estimate of drug-likeness (QED) is 0.641. The molecule has 32 heavy (non-hydrogen) atoms. The predicted octanol–water partition coefficient (Wildman–Crippen LogP) is 2.68. The van der Waals surface area contributed by atoms with Gasteiger partial charge in [0, 0.05) is 29.9 Å². The number of anilines is 1. The van der Waals surface area contributed by atoms with Crippen LogP contribution in [0.25, 0.3) is 0 Å². The Balaban J connectivity index is 1.94. The summed E-state index contributed by atoms with van der Waals surface area (Å²) in [6.45, 7) is 5.09. The van der Waals surface area contributed by atoms with Gasteiger partial charge in [-0.05, 0) is 44.2 Å². The van der Waals surface area contributed by atoms with Crippen LogP contribution in [0.1, 0.15) is 22.8 Å². The van der Waals surface area contributed by atoms with Gasteiger partial charge in [-0.15, -0.1) is 0 Å². The van der Waals surface area contributed by atoms with Gasteiger partial charge in [0.25, 0.3) is 5.91 Å². The van der Waals surface area contributed by atoms with Crippen LogP contribution >= 0.6 is 0 Å². The maximum Gasteiger partial charge on any atom is 0.255 e. The molecule has 0 aliphatic carbocycles. The number of carbonyl (C=O) groups excluding carboxylic acids is 1. The number of hydrogen-bond donors (Lipinski definition) is 1. The van der Waals surface area contributed by atoms with Crippen molar-refractivity contribution < 1.29 is 32.2 Å². The normalized spacial score (nSPS) is 14.6. The van der Waals surface area contributed by atoms with Crippen LogP contribution in [0, 0.1) is 6.92 Å².